The van der Waals surface area contributed by atoms with E-state index in [0.717, 1.165) is 25.2 Å². The Labute approximate surface area is 144 Å². The van der Waals surface area contributed by atoms with Gasteiger partial charge in [0, 0.05) is 45.1 Å². The molecule has 9 heteroatoms. The van der Waals surface area contributed by atoms with E-state index in [2.05, 4.69) is 14.9 Å². The molecule has 3 heterocycles. The molecule has 2 N–H and O–H groups in total. The number of hydrogen-bond donors (Lipinski definition) is 1. The highest BCUT2D eigenvalue weighted by Crippen LogP contribution is 2.38. The molecule has 0 aromatic carbocycles. The van der Waals surface area contributed by atoms with Crippen LogP contribution in [0.25, 0.3) is 0 Å². The number of nitro groups is 1. The second-order valence-corrected chi connectivity index (χ2v) is 5.98. The minimum absolute atomic E-state index is 0.114. The van der Waals surface area contributed by atoms with Crippen molar-refractivity contribution >= 4 is 28.8 Å². The average Bonchev–Trinajstić information content (AvgIpc) is 2.58. The lowest BCUT2D eigenvalue weighted by atomic mass is 10.2. The van der Waals surface area contributed by atoms with Crippen LogP contribution in [-0.4, -0.2) is 46.0 Å². The molecule has 1 fully saturated rings. The fourth-order valence-corrected chi connectivity index (χ4v) is 3.10. The molecule has 0 aliphatic carbocycles. The molecule has 0 radical (unpaired) electrons. The van der Waals surface area contributed by atoms with E-state index < -0.39 is 4.92 Å². The van der Waals surface area contributed by atoms with Gasteiger partial charge in [0.15, 0.2) is 0 Å². The SMILES string of the molecule is Nc1ncc(Cl)c(N2CCN(Cc3cccnc3)CC2)c1[N+](=O)[O-]. The predicted octanol–water partition coefficient (Wildman–Crippen LogP) is 1.94. The van der Waals surface area contributed by atoms with Crippen LogP contribution in [0, 0.1) is 10.1 Å². The van der Waals surface area contributed by atoms with E-state index in [1.54, 1.807) is 6.20 Å². The Morgan fingerprint density at radius 1 is 1.29 bits per heavy atom. The summed E-state index contributed by atoms with van der Waals surface area (Å²) in [6, 6.07) is 3.94. The van der Waals surface area contributed by atoms with Crippen LogP contribution >= 0.6 is 11.6 Å². The Morgan fingerprint density at radius 3 is 2.67 bits per heavy atom. The van der Waals surface area contributed by atoms with Crippen LogP contribution in [-0.2, 0) is 6.54 Å². The lowest BCUT2D eigenvalue weighted by molar-refractivity contribution is -0.383. The molecule has 126 valence electrons. The third-order valence-electron chi connectivity index (χ3n) is 4.01. The first-order valence-corrected chi connectivity index (χ1v) is 7.88. The Hall–Kier alpha value is -2.45. The van der Waals surface area contributed by atoms with Crippen LogP contribution in [0.1, 0.15) is 5.56 Å². The van der Waals surface area contributed by atoms with Crippen molar-refractivity contribution < 1.29 is 4.92 Å². The molecule has 24 heavy (non-hydrogen) atoms. The summed E-state index contributed by atoms with van der Waals surface area (Å²) >= 11 is 6.16. The number of nitrogens with zero attached hydrogens (tertiary/aromatic N) is 5. The van der Waals surface area contributed by atoms with Crippen molar-refractivity contribution in [3.05, 3.63) is 51.4 Å². The summed E-state index contributed by atoms with van der Waals surface area (Å²) in [7, 11) is 0. The van der Waals surface area contributed by atoms with Gasteiger partial charge in [-0.2, -0.15) is 0 Å². The monoisotopic (exact) mass is 348 g/mol. The lowest BCUT2D eigenvalue weighted by Gasteiger charge is -2.36. The van der Waals surface area contributed by atoms with Crippen LogP contribution in [0.4, 0.5) is 17.2 Å². The standard InChI is InChI=1S/C15H17ClN6O2/c16-12-9-19-15(17)14(22(23)24)13(12)21-6-4-20(5-7-21)10-11-2-1-3-18-8-11/h1-3,8-9H,4-7,10H2,(H2,17,19). The highest BCUT2D eigenvalue weighted by atomic mass is 35.5. The molecule has 0 saturated carbocycles. The summed E-state index contributed by atoms with van der Waals surface area (Å²) < 4.78 is 0. The van der Waals surface area contributed by atoms with E-state index in [9.17, 15) is 10.1 Å². The third-order valence-corrected chi connectivity index (χ3v) is 4.29. The summed E-state index contributed by atoms with van der Waals surface area (Å²) in [5.74, 6) is -0.114. The van der Waals surface area contributed by atoms with Crippen molar-refractivity contribution in [2.75, 3.05) is 36.8 Å². The van der Waals surface area contributed by atoms with Crippen LogP contribution in [0.3, 0.4) is 0 Å². The third kappa shape index (κ3) is 3.39. The number of rotatable bonds is 4. The predicted molar refractivity (Wildman–Crippen MR) is 92.0 cm³/mol. The first-order chi connectivity index (χ1) is 11.6. The largest absolute Gasteiger partial charge is 0.378 e. The van der Waals surface area contributed by atoms with Gasteiger partial charge in [-0.25, -0.2) is 4.98 Å². The van der Waals surface area contributed by atoms with Gasteiger partial charge in [-0.1, -0.05) is 17.7 Å². The van der Waals surface area contributed by atoms with Gasteiger partial charge in [0.2, 0.25) is 5.82 Å². The molecular weight excluding hydrogens is 332 g/mol. The molecule has 0 unspecified atom stereocenters. The van der Waals surface area contributed by atoms with Gasteiger partial charge >= 0.3 is 5.69 Å². The van der Waals surface area contributed by atoms with Gasteiger partial charge in [0.05, 0.1) is 16.1 Å². The molecule has 1 saturated heterocycles. The number of halogens is 1. The van der Waals surface area contributed by atoms with E-state index in [4.69, 9.17) is 17.3 Å². The van der Waals surface area contributed by atoms with Crippen molar-refractivity contribution in [3.8, 4) is 0 Å². The maximum Gasteiger partial charge on any atom is 0.335 e. The molecule has 0 bridgehead atoms. The Morgan fingerprint density at radius 2 is 2.04 bits per heavy atom. The minimum atomic E-state index is -0.522. The van der Waals surface area contributed by atoms with Crippen molar-refractivity contribution in [2.45, 2.75) is 6.54 Å². The number of nitrogen functional groups attached to an aromatic ring is 1. The zero-order valence-corrected chi connectivity index (χ0v) is 13.7. The van der Waals surface area contributed by atoms with E-state index in [1.165, 1.54) is 6.20 Å². The Bertz CT molecular complexity index is 734. The summed E-state index contributed by atoms with van der Waals surface area (Å²) in [5.41, 5.74) is 6.95. The fraction of sp³-hybridized carbons (Fsp3) is 0.333. The molecule has 2 aromatic rings. The van der Waals surface area contributed by atoms with Crippen molar-refractivity contribution in [1.82, 2.24) is 14.9 Å². The molecule has 0 atom stereocenters. The fourth-order valence-electron chi connectivity index (χ4n) is 2.84. The molecule has 0 amide bonds. The maximum atomic E-state index is 11.3. The second kappa shape index (κ2) is 6.98. The molecular formula is C15H17ClN6O2. The van der Waals surface area contributed by atoms with Gasteiger partial charge in [-0.15, -0.1) is 0 Å². The second-order valence-electron chi connectivity index (χ2n) is 5.57. The van der Waals surface area contributed by atoms with Gasteiger partial charge in [-0.3, -0.25) is 20.0 Å². The Balaban J connectivity index is 1.73. The van der Waals surface area contributed by atoms with Crippen molar-refractivity contribution in [3.63, 3.8) is 0 Å². The minimum Gasteiger partial charge on any atom is -0.378 e. The van der Waals surface area contributed by atoms with E-state index in [0.29, 0.717) is 18.8 Å². The summed E-state index contributed by atoms with van der Waals surface area (Å²) in [6.07, 6.45) is 4.95. The number of hydrogen-bond acceptors (Lipinski definition) is 7. The topological polar surface area (TPSA) is 101 Å². The molecule has 1 aliphatic rings. The molecule has 2 aromatic heterocycles. The lowest BCUT2D eigenvalue weighted by Crippen LogP contribution is -2.46. The smallest absolute Gasteiger partial charge is 0.335 e. The number of piperazine rings is 1. The van der Waals surface area contributed by atoms with Gasteiger partial charge in [-0.05, 0) is 11.6 Å². The first-order valence-electron chi connectivity index (χ1n) is 7.51. The Kier molecular flexibility index (Phi) is 4.77. The van der Waals surface area contributed by atoms with Crippen LogP contribution in [0.2, 0.25) is 5.02 Å². The van der Waals surface area contributed by atoms with Crippen LogP contribution in [0.5, 0.6) is 0 Å². The number of aromatic nitrogens is 2. The molecule has 8 nitrogen and oxygen atoms in total. The van der Waals surface area contributed by atoms with Crippen molar-refractivity contribution in [2.24, 2.45) is 0 Å². The maximum absolute atomic E-state index is 11.3. The molecule has 0 spiro atoms. The quantitative estimate of drug-likeness (QED) is 0.665. The van der Waals surface area contributed by atoms with Crippen LogP contribution in [0.15, 0.2) is 30.7 Å². The summed E-state index contributed by atoms with van der Waals surface area (Å²) in [6.45, 7) is 3.60. The first kappa shape index (κ1) is 16.4. The van der Waals surface area contributed by atoms with Gasteiger partial charge in [0.1, 0.15) is 5.69 Å². The highest BCUT2D eigenvalue weighted by Gasteiger charge is 2.29. The normalized spacial score (nSPS) is 15.5. The number of anilines is 2. The zero-order chi connectivity index (χ0) is 17.1. The summed E-state index contributed by atoms with van der Waals surface area (Å²) in [5, 5.41) is 11.6. The summed E-state index contributed by atoms with van der Waals surface area (Å²) in [4.78, 5) is 22.9. The average molecular weight is 349 g/mol. The van der Waals surface area contributed by atoms with Gasteiger partial charge < -0.3 is 10.6 Å². The van der Waals surface area contributed by atoms with E-state index in [-0.39, 0.29) is 16.5 Å². The molecule has 1 aliphatic heterocycles. The number of nitrogens with two attached hydrogens (primary N) is 1. The highest BCUT2D eigenvalue weighted by molar-refractivity contribution is 6.33. The van der Waals surface area contributed by atoms with Crippen LogP contribution < -0.4 is 10.6 Å². The van der Waals surface area contributed by atoms with E-state index in [1.807, 2.05) is 23.2 Å². The van der Waals surface area contributed by atoms with Gasteiger partial charge in [0.25, 0.3) is 0 Å². The van der Waals surface area contributed by atoms with Crippen molar-refractivity contribution in [1.29, 1.82) is 0 Å². The number of pyridine rings is 2. The molecule has 3 rings (SSSR count). The zero-order valence-electron chi connectivity index (χ0n) is 12.9. The van der Waals surface area contributed by atoms with E-state index >= 15 is 0 Å².